The Morgan fingerprint density at radius 2 is 1.89 bits per heavy atom. The van der Waals surface area contributed by atoms with Gasteiger partial charge in [-0.3, -0.25) is 14.5 Å². The lowest BCUT2D eigenvalue weighted by Crippen LogP contribution is -2.63. The van der Waals surface area contributed by atoms with Gasteiger partial charge in [0.1, 0.15) is 11.9 Å². The van der Waals surface area contributed by atoms with Gasteiger partial charge in [-0.05, 0) is 61.9 Å². The van der Waals surface area contributed by atoms with Gasteiger partial charge in [-0.1, -0.05) is 37.1 Å². The zero-order valence-corrected chi connectivity index (χ0v) is 21.1. The average molecular weight is 511 g/mol. The maximum atomic E-state index is 13.3. The molecule has 1 heterocycles. The smallest absolute Gasteiger partial charge is 0.319 e. The second-order valence-corrected chi connectivity index (χ2v) is 10.1. The third kappa shape index (κ3) is 7.14. The number of amides is 3. The molecule has 0 radical (unpaired) electrons. The van der Waals surface area contributed by atoms with Crippen LogP contribution >= 0.6 is 0 Å². The van der Waals surface area contributed by atoms with E-state index in [1.165, 1.54) is 19.1 Å². The molecule has 9 heteroatoms. The number of benzene rings is 2. The van der Waals surface area contributed by atoms with Gasteiger partial charge in [-0.25, -0.2) is 9.18 Å². The minimum absolute atomic E-state index is 0.0712. The number of carbonyl (C=O) groups excluding carboxylic acids is 3. The highest BCUT2D eigenvalue weighted by Crippen LogP contribution is 2.27. The van der Waals surface area contributed by atoms with Crippen molar-refractivity contribution >= 4 is 23.4 Å². The number of nitrogens with one attached hydrogen (secondary N) is 3. The van der Waals surface area contributed by atoms with E-state index in [-0.39, 0.29) is 48.1 Å². The molecular formula is C28H35FN4O4. The van der Waals surface area contributed by atoms with Gasteiger partial charge in [-0.15, -0.1) is 0 Å². The molecule has 37 heavy (non-hydrogen) atoms. The van der Waals surface area contributed by atoms with E-state index in [4.69, 9.17) is 0 Å². The van der Waals surface area contributed by atoms with Crippen LogP contribution in [0.1, 0.15) is 48.5 Å². The molecule has 2 aromatic rings. The van der Waals surface area contributed by atoms with Gasteiger partial charge in [0, 0.05) is 36.4 Å². The summed E-state index contributed by atoms with van der Waals surface area (Å²) in [6.07, 6.45) is 4.33. The first-order valence-electron chi connectivity index (χ1n) is 12.9. The Morgan fingerprint density at radius 1 is 1.14 bits per heavy atom. The third-order valence-corrected chi connectivity index (χ3v) is 7.33. The first-order chi connectivity index (χ1) is 17.8. The number of aliphatic hydroxyl groups excluding tert-OH is 1. The van der Waals surface area contributed by atoms with Crippen LogP contribution in [-0.4, -0.2) is 65.5 Å². The molecule has 1 aliphatic heterocycles. The van der Waals surface area contributed by atoms with Crippen LogP contribution in [0.3, 0.4) is 0 Å². The van der Waals surface area contributed by atoms with Crippen molar-refractivity contribution in [3.8, 4) is 0 Å². The Balaban J connectivity index is 1.40. The van der Waals surface area contributed by atoms with Crippen LogP contribution in [0.5, 0.6) is 0 Å². The molecular weight excluding hydrogens is 475 g/mol. The predicted octanol–water partition coefficient (Wildman–Crippen LogP) is 3.11. The Bertz CT molecular complexity index is 1110. The van der Waals surface area contributed by atoms with E-state index in [1.54, 1.807) is 36.4 Å². The summed E-state index contributed by atoms with van der Waals surface area (Å²) in [7, 11) is 0. The fourth-order valence-corrected chi connectivity index (χ4v) is 5.41. The van der Waals surface area contributed by atoms with Crippen LogP contribution in [-0.2, 0) is 11.2 Å². The number of carbonyl (C=O) groups is 3. The first kappa shape index (κ1) is 26.8. The van der Waals surface area contributed by atoms with Crippen molar-refractivity contribution in [2.24, 2.45) is 5.92 Å². The van der Waals surface area contributed by atoms with Crippen LogP contribution < -0.4 is 16.0 Å². The summed E-state index contributed by atoms with van der Waals surface area (Å²) < 4.78 is 13.3. The van der Waals surface area contributed by atoms with Gasteiger partial charge < -0.3 is 21.1 Å². The van der Waals surface area contributed by atoms with Gasteiger partial charge >= 0.3 is 6.03 Å². The average Bonchev–Trinajstić information content (AvgIpc) is 2.86. The largest absolute Gasteiger partial charge is 0.394 e. The van der Waals surface area contributed by atoms with Gasteiger partial charge in [0.25, 0.3) is 0 Å². The summed E-state index contributed by atoms with van der Waals surface area (Å²) in [6, 6.07) is 11.9. The summed E-state index contributed by atoms with van der Waals surface area (Å²) in [4.78, 5) is 39.3. The SMILES string of the molecule is CC(=O)c1cccc(NC(=O)N[C@@H]2CCCC[C@H]2CN2C[C@H](Cc3ccc(F)cc3)NC(=O)[C@H]2CO)c1. The molecule has 0 unspecified atom stereocenters. The van der Waals surface area contributed by atoms with Crippen LogP contribution in [0.15, 0.2) is 48.5 Å². The highest BCUT2D eigenvalue weighted by atomic mass is 19.1. The second-order valence-electron chi connectivity index (χ2n) is 10.1. The van der Waals surface area contributed by atoms with Crippen molar-refractivity contribution in [3.05, 3.63) is 65.5 Å². The summed E-state index contributed by atoms with van der Waals surface area (Å²) >= 11 is 0. The number of anilines is 1. The van der Waals surface area contributed by atoms with Crippen molar-refractivity contribution < 1.29 is 23.9 Å². The number of nitrogens with zero attached hydrogens (tertiary/aromatic N) is 1. The molecule has 8 nitrogen and oxygen atoms in total. The van der Waals surface area contributed by atoms with E-state index in [0.717, 1.165) is 31.2 Å². The fraction of sp³-hybridized carbons (Fsp3) is 0.464. The number of hydrogen-bond donors (Lipinski definition) is 4. The summed E-state index contributed by atoms with van der Waals surface area (Å²) in [5.74, 6) is -0.471. The zero-order chi connectivity index (χ0) is 26.4. The lowest BCUT2D eigenvalue weighted by molar-refractivity contribution is -0.133. The summed E-state index contributed by atoms with van der Waals surface area (Å²) in [6.45, 7) is 2.33. The number of halogens is 1. The molecule has 4 rings (SSSR count). The quantitative estimate of drug-likeness (QED) is 0.408. The molecule has 1 saturated heterocycles. The van der Waals surface area contributed by atoms with Gasteiger partial charge in [0.2, 0.25) is 5.91 Å². The van der Waals surface area contributed by atoms with Crippen molar-refractivity contribution in [1.82, 2.24) is 15.5 Å². The molecule has 0 bridgehead atoms. The Hall–Kier alpha value is -3.30. The molecule has 2 aliphatic rings. The number of ketones is 1. The lowest BCUT2D eigenvalue weighted by Gasteiger charge is -2.42. The molecule has 4 N–H and O–H groups in total. The maximum absolute atomic E-state index is 13.3. The summed E-state index contributed by atoms with van der Waals surface area (Å²) in [5, 5.41) is 18.9. The number of piperazine rings is 1. The topological polar surface area (TPSA) is 111 Å². The molecule has 1 saturated carbocycles. The molecule has 1 aliphatic carbocycles. The minimum atomic E-state index is -0.643. The minimum Gasteiger partial charge on any atom is -0.394 e. The van der Waals surface area contributed by atoms with Crippen LogP contribution in [0, 0.1) is 11.7 Å². The number of rotatable bonds is 8. The van der Waals surface area contributed by atoms with Crippen molar-refractivity contribution in [2.75, 3.05) is 25.0 Å². The number of aliphatic hydroxyl groups is 1. The van der Waals surface area contributed by atoms with Gasteiger partial charge in [0.05, 0.1) is 6.61 Å². The highest BCUT2D eigenvalue weighted by Gasteiger charge is 2.37. The molecule has 2 fully saturated rings. The van der Waals surface area contributed by atoms with E-state index in [9.17, 15) is 23.9 Å². The Kier molecular flexibility index (Phi) is 8.89. The molecule has 198 valence electrons. The van der Waals surface area contributed by atoms with Gasteiger partial charge in [-0.2, -0.15) is 0 Å². The lowest BCUT2D eigenvalue weighted by atomic mass is 9.83. The number of urea groups is 1. The highest BCUT2D eigenvalue weighted by molar-refractivity contribution is 5.96. The van der Waals surface area contributed by atoms with Crippen LogP contribution in [0.25, 0.3) is 0 Å². The van der Waals surface area contributed by atoms with E-state index < -0.39 is 6.04 Å². The zero-order valence-electron chi connectivity index (χ0n) is 21.1. The van der Waals surface area contributed by atoms with E-state index in [0.29, 0.717) is 30.8 Å². The fourth-order valence-electron chi connectivity index (χ4n) is 5.41. The Morgan fingerprint density at radius 3 is 2.62 bits per heavy atom. The molecule has 2 aromatic carbocycles. The van der Waals surface area contributed by atoms with Crippen LogP contribution in [0.4, 0.5) is 14.9 Å². The van der Waals surface area contributed by atoms with Crippen molar-refractivity contribution in [2.45, 2.75) is 57.2 Å². The van der Waals surface area contributed by atoms with Gasteiger partial charge in [0.15, 0.2) is 5.78 Å². The third-order valence-electron chi connectivity index (χ3n) is 7.33. The Labute approximate surface area is 216 Å². The molecule has 3 amide bonds. The molecule has 4 atom stereocenters. The molecule has 0 aromatic heterocycles. The molecule has 0 spiro atoms. The monoisotopic (exact) mass is 510 g/mol. The van der Waals surface area contributed by atoms with Crippen molar-refractivity contribution in [3.63, 3.8) is 0 Å². The van der Waals surface area contributed by atoms with Crippen LogP contribution in [0.2, 0.25) is 0 Å². The second kappa shape index (κ2) is 12.3. The predicted molar refractivity (Wildman–Crippen MR) is 139 cm³/mol. The summed E-state index contributed by atoms with van der Waals surface area (Å²) in [5.41, 5.74) is 2.01. The number of hydrogen-bond acceptors (Lipinski definition) is 5. The standard InChI is InChI=1S/C28H35FN4O4/c1-18(35)20-6-4-7-23(14-20)31-28(37)32-25-8-3-2-5-21(25)15-33-16-24(30-27(36)26(33)17-34)13-19-9-11-22(29)12-10-19/h4,6-7,9-12,14,21,24-26,34H,2-3,5,8,13,15-17H2,1H3,(H,30,36)(H2,31,32,37)/t21-,24-,25+,26+/m0/s1. The normalized spacial score (nSPS) is 24.2. The van der Waals surface area contributed by atoms with E-state index >= 15 is 0 Å². The number of Topliss-reactive ketones (excluding diaryl/α,β-unsaturated/α-hetero) is 1. The van der Waals surface area contributed by atoms with Crippen molar-refractivity contribution in [1.29, 1.82) is 0 Å². The first-order valence-corrected chi connectivity index (χ1v) is 12.9. The maximum Gasteiger partial charge on any atom is 0.319 e. The van der Waals surface area contributed by atoms with E-state index in [1.807, 2.05) is 4.90 Å². The van der Waals surface area contributed by atoms with E-state index in [2.05, 4.69) is 16.0 Å².